The Kier molecular flexibility index (Phi) is 7.47. The SMILES string of the molecule is C[C@H](C(=O)NCCOc1ccccc1C(C)(C)C)N(c1ccc(F)cc1)S(C)(=O)=O. The van der Waals surface area contributed by atoms with Crippen LogP contribution in [0.1, 0.15) is 33.3 Å². The molecule has 6 nitrogen and oxygen atoms in total. The molecule has 1 N–H and O–H groups in total. The summed E-state index contributed by atoms with van der Waals surface area (Å²) in [6.07, 6.45) is 1.01. The normalized spacial score (nSPS) is 12.9. The van der Waals surface area contributed by atoms with Gasteiger partial charge in [-0.1, -0.05) is 39.0 Å². The number of rotatable bonds is 8. The van der Waals surface area contributed by atoms with E-state index in [4.69, 9.17) is 4.74 Å². The van der Waals surface area contributed by atoms with Gasteiger partial charge in [-0.2, -0.15) is 0 Å². The molecule has 1 amide bonds. The van der Waals surface area contributed by atoms with Gasteiger partial charge < -0.3 is 10.1 Å². The van der Waals surface area contributed by atoms with Crippen molar-refractivity contribution in [3.8, 4) is 5.75 Å². The van der Waals surface area contributed by atoms with E-state index in [0.717, 1.165) is 34.0 Å². The minimum absolute atomic E-state index is 0.0838. The maximum atomic E-state index is 13.2. The first-order valence-electron chi connectivity index (χ1n) is 9.66. The van der Waals surface area contributed by atoms with Crippen molar-refractivity contribution >= 4 is 21.6 Å². The number of hydrogen-bond acceptors (Lipinski definition) is 4. The van der Waals surface area contributed by atoms with Crippen molar-refractivity contribution in [1.29, 1.82) is 0 Å². The number of carbonyl (C=O) groups is 1. The number of halogens is 1. The van der Waals surface area contributed by atoms with E-state index in [-0.39, 0.29) is 24.3 Å². The van der Waals surface area contributed by atoms with Gasteiger partial charge in [-0.25, -0.2) is 12.8 Å². The fourth-order valence-corrected chi connectivity index (χ4v) is 4.27. The molecule has 2 aromatic rings. The predicted molar refractivity (Wildman–Crippen MR) is 117 cm³/mol. The molecule has 0 aliphatic heterocycles. The van der Waals surface area contributed by atoms with Crippen LogP contribution in [0.5, 0.6) is 5.75 Å². The van der Waals surface area contributed by atoms with Crippen LogP contribution in [0.4, 0.5) is 10.1 Å². The molecule has 0 saturated carbocycles. The van der Waals surface area contributed by atoms with Gasteiger partial charge in [0.2, 0.25) is 15.9 Å². The minimum Gasteiger partial charge on any atom is -0.491 e. The fraction of sp³-hybridized carbons (Fsp3) is 0.409. The Bertz CT molecular complexity index is 969. The van der Waals surface area contributed by atoms with Crippen molar-refractivity contribution in [2.45, 2.75) is 39.2 Å². The maximum absolute atomic E-state index is 13.2. The molecule has 30 heavy (non-hydrogen) atoms. The molecule has 0 saturated heterocycles. The Balaban J connectivity index is 2.01. The molecular weight excluding hydrogens is 407 g/mol. The highest BCUT2D eigenvalue weighted by molar-refractivity contribution is 7.92. The summed E-state index contributed by atoms with van der Waals surface area (Å²) < 4.78 is 44.5. The molecule has 2 rings (SSSR count). The van der Waals surface area contributed by atoms with Gasteiger partial charge in [0, 0.05) is 0 Å². The number of nitrogens with one attached hydrogen (secondary N) is 1. The van der Waals surface area contributed by atoms with Gasteiger partial charge in [0.1, 0.15) is 24.2 Å². The van der Waals surface area contributed by atoms with Gasteiger partial charge in [0.15, 0.2) is 0 Å². The molecule has 8 heteroatoms. The first kappa shape index (κ1) is 23.7. The molecule has 2 aromatic carbocycles. The van der Waals surface area contributed by atoms with E-state index >= 15 is 0 Å². The van der Waals surface area contributed by atoms with Crippen molar-refractivity contribution < 1.29 is 22.3 Å². The lowest BCUT2D eigenvalue weighted by atomic mass is 9.86. The number of anilines is 1. The van der Waals surface area contributed by atoms with E-state index in [0.29, 0.717) is 0 Å². The van der Waals surface area contributed by atoms with Crippen LogP contribution in [0.2, 0.25) is 0 Å². The molecule has 164 valence electrons. The lowest BCUT2D eigenvalue weighted by Gasteiger charge is -2.28. The van der Waals surface area contributed by atoms with E-state index in [1.807, 2.05) is 24.3 Å². The van der Waals surface area contributed by atoms with Crippen LogP contribution in [0, 0.1) is 5.82 Å². The number of benzene rings is 2. The van der Waals surface area contributed by atoms with E-state index in [1.54, 1.807) is 0 Å². The second-order valence-electron chi connectivity index (χ2n) is 8.10. The summed E-state index contributed by atoms with van der Waals surface area (Å²) in [5.41, 5.74) is 1.20. The van der Waals surface area contributed by atoms with Crippen LogP contribution < -0.4 is 14.4 Å². The average molecular weight is 437 g/mol. The van der Waals surface area contributed by atoms with Crippen molar-refractivity contribution in [2.75, 3.05) is 23.7 Å². The average Bonchev–Trinajstić information content (AvgIpc) is 2.65. The Hall–Kier alpha value is -2.61. The number of ether oxygens (including phenoxy) is 1. The van der Waals surface area contributed by atoms with Gasteiger partial charge >= 0.3 is 0 Å². The number of nitrogens with zero attached hydrogens (tertiary/aromatic N) is 1. The number of carbonyl (C=O) groups excluding carboxylic acids is 1. The van der Waals surface area contributed by atoms with Gasteiger partial charge in [-0.3, -0.25) is 9.10 Å². The minimum atomic E-state index is -3.75. The lowest BCUT2D eigenvalue weighted by molar-refractivity contribution is -0.121. The van der Waals surface area contributed by atoms with E-state index in [1.165, 1.54) is 19.1 Å². The van der Waals surface area contributed by atoms with Crippen molar-refractivity contribution in [3.63, 3.8) is 0 Å². The quantitative estimate of drug-likeness (QED) is 0.643. The monoisotopic (exact) mass is 436 g/mol. The topological polar surface area (TPSA) is 75.7 Å². The van der Waals surface area contributed by atoms with Crippen LogP contribution in [0.3, 0.4) is 0 Å². The lowest BCUT2D eigenvalue weighted by Crippen LogP contribution is -2.48. The van der Waals surface area contributed by atoms with Crippen LogP contribution in [-0.4, -0.2) is 39.8 Å². The number of hydrogen-bond donors (Lipinski definition) is 1. The molecule has 0 aromatic heterocycles. The summed E-state index contributed by atoms with van der Waals surface area (Å²) in [6.45, 7) is 8.20. The summed E-state index contributed by atoms with van der Waals surface area (Å²) in [4.78, 5) is 12.6. The Labute approximate surface area is 178 Å². The highest BCUT2D eigenvalue weighted by atomic mass is 32.2. The smallest absolute Gasteiger partial charge is 0.243 e. The second kappa shape index (κ2) is 9.47. The van der Waals surface area contributed by atoms with Crippen LogP contribution in [0.25, 0.3) is 0 Å². The third kappa shape index (κ3) is 6.19. The highest BCUT2D eigenvalue weighted by Crippen LogP contribution is 2.30. The molecule has 0 aliphatic carbocycles. The third-order valence-electron chi connectivity index (χ3n) is 4.52. The molecule has 0 spiro atoms. The van der Waals surface area contributed by atoms with Crippen LogP contribution in [0.15, 0.2) is 48.5 Å². The predicted octanol–water partition coefficient (Wildman–Crippen LogP) is 3.47. The molecule has 1 atom stereocenters. The largest absolute Gasteiger partial charge is 0.491 e. The molecule has 0 bridgehead atoms. The summed E-state index contributed by atoms with van der Waals surface area (Å²) in [5, 5.41) is 2.70. The van der Waals surface area contributed by atoms with Crippen molar-refractivity contribution in [1.82, 2.24) is 5.32 Å². The standard InChI is InChI=1S/C22H29FN2O4S/c1-16(25(30(5,27)28)18-12-10-17(23)11-13-18)21(26)24-14-15-29-20-9-7-6-8-19(20)22(2,3)4/h6-13,16H,14-15H2,1-5H3,(H,24,26)/t16-/m1/s1. The van der Waals surface area contributed by atoms with E-state index in [9.17, 15) is 17.6 Å². The Morgan fingerprint density at radius 3 is 2.30 bits per heavy atom. The second-order valence-corrected chi connectivity index (χ2v) is 9.96. The molecule has 0 unspecified atom stereocenters. The summed E-state index contributed by atoms with van der Waals surface area (Å²) in [6, 6.07) is 11.7. The van der Waals surface area contributed by atoms with Gasteiger partial charge in [0.25, 0.3) is 0 Å². The van der Waals surface area contributed by atoms with Crippen molar-refractivity contribution in [3.05, 3.63) is 59.9 Å². The summed E-state index contributed by atoms with van der Waals surface area (Å²) in [5.74, 6) is -0.217. The van der Waals surface area contributed by atoms with Gasteiger partial charge in [0.05, 0.1) is 18.5 Å². The van der Waals surface area contributed by atoms with Crippen LogP contribution >= 0.6 is 0 Å². The summed E-state index contributed by atoms with van der Waals surface area (Å²) >= 11 is 0. The molecule has 0 heterocycles. The van der Waals surface area contributed by atoms with E-state index in [2.05, 4.69) is 26.1 Å². The fourth-order valence-electron chi connectivity index (χ4n) is 3.09. The number of sulfonamides is 1. The number of amides is 1. The zero-order valence-electron chi connectivity index (χ0n) is 18.0. The number of para-hydroxylation sites is 1. The summed E-state index contributed by atoms with van der Waals surface area (Å²) in [7, 11) is -3.75. The molecule has 0 aliphatic rings. The highest BCUT2D eigenvalue weighted by Gasteiger charge is 2.29. The van der Waals surface area contributed by atoms with E-state index < -0.39 is 27.8 Å². The Morgan fingerprint density at radius 1 is 1.13 bits per heavy atom. The van der Waals surface area contributed by atoms with Gasteiger partial charge in [-0.15, -0.1) is 0 Å². The molecule has 0 fully saturated rings. The zero-order chi connectivity index (χ0) is 22.5. The molecular formula is C22H29FN2O4S. The third-order valence-corrected chi connectivity index (χ3v) is 5.77. The van der Waals surface area contributed by atoms with Crippen molar-refractivity contribution in [2.24, 2.45) is 0 Å². The molecule has 0 radical (unpaired) electrons. The van der Waals surface area contributed by atoms with Gasteiger partial charge in [-0.05, 0) is 48.2 Å². The Morgan fingerprint density at radius 2 is 1.73 bits per heavy atom. The first-order chi connectivity index (χ1) is 13.9. The first-order valence-corrected chi connectivity index (χ1v) is 11.5. The van der Waals surface area contributed by atoms with Crippen LogP contribution in [-0.2, 0) is 20.2 Å². The zero-order valence-corrected chi connectivity index (χ0v) is 18.8. The maximum Gasteiger partial charge on any atom is 0.243 e.